The summed E-state index contributed by atoms with van der Waals surface area (Å²) in [4.78, 5) is 0. The molecule has 0 spiro atoms. The number of rotatable bonds is 5. The topological polar surface area (TPSA) is 9.23 Å². The summed E-state index contributed by atoms with van der Waals surface area (Å²) in [6, 6.07) is 0. The van der Waals surface area contributed by atoms with Gasteiger partial charge < -0.3 is 4.74 Å². The van der Waals surface area contributed by atoms with E-state index in [1.54, 1.807) is 0 Å². The van der Waals surface area contributed by atoms with E-state index in [9.17, 15) is 0 Å². The van der Waals surface area contributed by atoms with E-state index in [0.29, 0.717) is 0 Å². The van der Waals surface area contributed by atoms with E-state index in [4.69, 9.17) is 4.74 Å². The Morgan fingerprint density at radius 2 is 1.72 bits per heavy atom. The third-order valence-electron chi connectivity index (χ3n) is 4.99. The second-order valence-electron chi connectivity index (χ2n) is 7.50. The fraction of sp³-hybridized carbons (Fsp3) is 1.00. The van der Waals surface area contributed by atoms with Crippen LogP contribution in [0.4, 0.5) is 0 Å². The number of fused-ring (bicyclic) bond motifs is 1. The monoisotopic (exact) mass is 252 g/mol. The molecule has 2 rings (SSSR count). The maximum Gasteiger partial charge on any atom is 0.0598 e. The minimum Gasteiger partial charge on any atom is -0.376 e. The standard InChI is InChI=1S/C17H32O/c1-17(2,3)18-13-7-6-9-15-12-11-14-8-4-5-10-16(14)15/h14-16H,4-13H2,1-3H3. The van der Waals surface area contributed by atoms with E-state index in [-0.39, 0.29) is 5.60 Å². The quantitative estimate of drug-likeness (QED) is 0.612. The molecule has 0 amide bonds. The molecule has 18 heavy (non-hydrogen) atoms. The van der Waals surface area contributed by atoms with Gasteiger partial charge in [0.1, 0.15) is 0 Å². The number of hydrogen-bond donors (Lipinski definition) is 0. The predicted molar refractivity (Wildman–Crippen MR) is 77.7 cm³/mol. The largest absolute Gasteiger partial charge is 0.376 e. The van der Waals surface area contributed by atoms with Gasteiger partial charge in [0, 0.05) is 6.61 Å². The molecular formula is C17H32O. The molecule has 1 nitrogen and oxygen atoms in total. The van der Waals surface area contributed by atoms with Crippen LogP contribution in [-0.4, -0.2) is 12.2 Å². The Morgan fingerprint density at radius 1 is 0.944 bits per heavy atom. The lowest BCUT2D eigenvalue weighted by molar-refractivity contribution is -0.00523. The molecule has 2 aliphatic carbocycles. The minimum absolute atomic E-state index is 0.0435. The van der Waals surface area contributed by atoms with E-state index >= 15 is 0 Å². The lowest BCUT2D eigenvalue weighted by Gasteiger charge is -2.29. The summed E-state index contributed by atoms with van der Waals surface area (Å²) < 4.78 is 5.80. The van der Waals surface area contributed by atoms with E-state index in [1.807, 2.05) is 0 Å². The highest BCUT2D eigenvalue weighted by Gasteiger charge is 2.36. The van der Waals surface area contributed by atoms with Gasteiger partial charge in [-0.2, -0.15) is 0 Å². The SMILES string of the molecule is CC(C)(C)OCCCCC1CCC2CCCCC12. The van der Waals surface area contributed by atoms with Crippen LogP contribution in [0.15, 0.2) is 0 Å². The third-order valence-corrected chi connectivity index (χ3v) is 4.99. The smallest absolute Gasteiger partial charge is 0.0598 e. The fourth-order valence-corrected chi connectivity index (χ4v) is 4.10. The van der Waals surface area contributed by atoms with Crippen molar-refractivity contribution in [1.82, 2.24) is 0 Å². The van der Waals surface area contributed by atoms with Crippen molar-refractivity contribution in [2.45, 2.75) is 84.2 Å². The zero-order chi connectivity index (χ0) is 13.0. The summed E-state index contributed by atoms with van der Waals surface area (Å²) >= 11 is 0. The van der Waals surface area contributed by atoms with Crippen LogP contribution in [0.3, 0.4) is 0 Å². The van der Waals surface area contributed by atoms with Crippen molar-refractivity contribution in [3.05, 3.63) is 0 Å². The molecule has 3 atom stereocenters. The van der Waals surface area contributed by atoms with Crippen molar-refractivity contribution in [1.29, 1.82) is 0 Å². The van der Waals surface area contributed by atoms with Crippen LogP contribution in [0.2, 0.25) is 0 Å². The van der Waals surface area contributed by atoms with Crippen LogP contribution < -0.4 is 0 Å². The van der Waals surface area contributed by atoms with Crippen LogP contribution in [0, 0.1) is 17.8 Å². The van der Waals surface area contributed by atoms with Gasteiger partial charge in [-0.1, -0.05) is 32.1 Å². The first kappa shape index (κ1) is 14.4. The summed E-state index contributed by atoms with van der Waals surface area (Å²) in [7, 11) is 0. The maximum absolute atomic E-state index is 5.80. The molecule has 0 aliphatic heterocycles. The van der Waals surface area contributed by atoms with Gasteiger partial charge in [-0.3, -0.25) is 0 Å². The molecule has 0 aromatic carbocycles. The van der Waals surface area contributed by atoms with Crippen LogP contribution in [-0.2, 0) is 4.74 Å². The average Bonchev–Trinajstić information content (AvgIpc) is 2.71. The molecule has 1 heteroatoms. The normalized spacial score (nSPS) is 32.5. The predicted octanol–water partition coefficient (Wildman–Crippen LogP) is 5.19. The molecule has 106 valence electrons. The Balaban J connectivity index is 1.59. The number of ether oxygens (including phenoxy) is 1. The van der Waals surface area contributed by atoms with Gasteiger partial charge in [0.2, 0.25) is 0 Å². The molecule has 0 heterocycles. The van der Waals surface area contributed by atoms with Crippen molar-refractivity contribution in [3.8, 4) is 0 Å². The second kappa shape index (κ2) is 6.41. The van der Waals surface area contributed by atoms with Gasteiger partial charge in [-0.15, -0.1) is 0 Å². The molecule has 0 saturated heterocycles. The van der Waals surface area contributed by atoms with Gasteiger partial charge in [0.05, 0.1) is 5.60 Å². The molecule has 0 N–H and O–H groups in total. The fourth-order valence-electron chi connectivity index (χ4n) is 4.10. The van der Waals surface area contributed by atoms with Crippen LogP contribution in [0.1, 0.15) is 78.6 Å². The molecule has 0 aromatic rings. The Morgan fingerprint density at radius 3 is 2.50 bits per heavy atom. The summed E-state index contributed by atoms with van der Waals surface area (Å²) in [5.74, 6) is 3.27. The van der Waals surface area contributed by atoms with Crippen molar-refractivity contribution < 1.29 is 4.74 Å². The van der Waals surface area contributed by atoms with Gasteiger partial charge in [-0.05, 0) is 64.2 Å². The first-order valence-electron chi connectivity index (χ1n) is 8.20. The van der Waals surface area contributed by atoms with Gasteiger partial charge in [-0.25, -0.2) is 0 Å². The first-order chi connectivity index (χ1) is 8.56. The summed E-state index contributed by atoms with van der Waals surface area (Å²) in [5.41, 5.74) is 0.0435. The Bertz CT molecular complexity index is 240. The van der Waals surface area contributed by atoms with Crippen molar-refractivity contribution in [3.63, 3.8) is 0 Å². The van der Waals surface area contributed by atoms with E-state index in [2.05, 4.69) is 20.8 Å². The first-order valence-corrected chi connectivity index (χ1v) is 8.20. The van der Waals surface area contributed by atoms with Crippen LogP contribution in [0.25, 0.3) is 0 Å². The zero-order valence-electron chi connectivity index (χ0n) is 12.7. The molecule has 2 saturated carbocycles. The van der Waals surface area contributed by atoms with Gasteiger partial charge in [0.15, 0.2) is 0 Å². The molecular weight excluding hydrogens is 220 g/mol. The highest BCUT2D eigenvalue weighted by Crippen LogP contribution is 2.47. The van der Waals surface area contributed by atoms with Crippen molar-refractivity contribution in [2.75, 3.05) is 6.61 Å². The highest BCUT2D eigenvalue weighted by molar-refractivity contribution is 4.87. The zero-order valence-corrected chi connectivity index (χ0v) is 12.7. The molecule has 0 aromatic heterocycles. The maximum atomic E-state index is 5.80. The summed E-state index contributed by atoms with van der Waals surface area (Å²) in [6.07, 6.45) is 13.2. The van der Waals surface area contributed by atoms with Crippen molar-refractivity contribution in [2.24, 2.45) is 17.8 Å². The molecule has 0 bridgehead atoms. The Labute approximate surface area is 114 Å². The molecule has 2 aliphatic rings. The summed E-state index contributed by atoms with van der Waals surface area (Å²) in [5, 5.41) is 0. The van der Waals surface area contributed by atoms with E-state index < -0.39 is 0 Å². The van der Waals surface area contributed by atoms with Gasteiger partial charge in [0.25, 0.3) is 0 Å². The minimum atomic E-state index is 0.0435. The number of hydrogen-bond acceptors (Lipinski definition) is 1. The molecule has 3 unspecified atom stereocenters. The Hall–Kier alpha value is -0.0400. The van der Waals surface area contributed by atoms with Crippen LogP contribution >= 0.6 is 0 Å². The molecule has 2 fully saturated rings. The average molecular weight is 252 g/mol. The van der Waals surface area contributed by atoms with Gasteiger partial charge >= 0.3 is 0 Å². The van der Waals surface area contributed by atoms with Crippen molar-refractivity contribution >= 4 is 0 Å². The lowest BCUT2D eigenvalue weighted by Crippen LogP contribution is -2.20. The van der Waals surface area contributed by atoms with Crippen LogP contribution in [0.5, 0.6) is 0 Å². The van der Waals surface area contributed by atoms with E-state index in [0.717, 1.165) is 24.4 Å². The second-order valence-corrected chi connectivity index (χ2v) is 7.50. The lowest BCUT2D eigenvalue weighted by atomic mass is 9.77. The summed E-state index contributed by atoms with van der Waals surface area (Å²) in [6.45, 7) is 7.40. The third kappa shape index (κ3) is 4.26. The number of unbranched alkanes of at least 4 members (excludes halogenated alkanes) is 1. The van der Waals surface area contributed by atoms with E-state index in [1.165, 1.54) is 57.8 Å². The Kier molecular flexibility index (Phi) is 5.12. The molecule has 0 radical (unpaired) electrons. The highest BCUT2D eigenvalue weighted by atomic mass is 16.5.